The Morgan fingerprint density at radius 3 is 2.38 bits per heavy atom. The number of aldehydes is 1. The first-order valence-corrected chi connectivity index (χ1v) is 4.80. The number of aromatic hydroxyl groups is 1. The molecule has 0 heterocycles. The van der Waals surface area contributed by atoms with E-state index in [2.05, 4.69) is 4.74 Å². The van der Waals surface area contributed by atoms with Crippen molar-refractivity contribution in [2.45, 2.75) is 0 Å². The highest BCUT2D eigenvalue weighted by Gasteiger charge is 2.03. The van der Waals surface area contributed by atoms with E-state index in [1.165, 1.54) is 6.07 Å². The molecule has 2 aromatic rings. The number of hydrogen-bond acceptors (Lipinski definition) is 3. The summed E-state index contributed by atoms with van der Waals surface area (Å²) in [7, 11) is 3.25. The molecule has 3 nitrogen and oxygen atoms in total. The standard InChI is InChI=1S/C11H8O2.C2H6O/c12-7-10-9-4-2-1-3-8(9)5-6-11(10)13;1-3-2/h1-7,13H;1-2H3. The smallest absolute Gasteiger partial charge is 0.154 e. The van der Waals surface area contributed by atoms with Crippen LogP contribution in [0.3, 0.4) is 0 Å². The second-order valence-corrected chi connectivity index (χ2v) is 3.25. The van der Waals surface area contributed by atoms with Crippen LogP contribution < -0.4 is 0 Å². The van der Waals surface area contributed by atoms with E-state index in [-0.39, 0.29) is 5.75 Å². The quantitative estimate of drug-likeness (QED) is 0.748. The lowest BCUT2D eigenvalue weighted by atomic mass is 10.0. The predicted octanol–water partition coefficient (Wildman–Crippen LogP) is 2.62. The minimum absolute atomic E-state index is 0.0358. The molecule has 0 unspecified atom stereocenters. The van der Waals surface area contributed by atoms with E-state index in [9.17, 15) is 9.90 Å². The van der Waals surface area contributed by atoms with Crippen LogP contribution in [0.5, 0.6) is 5.75 Å². The number of rotatable bonds is 1. The third-order valence-corrected chi connectivity index (χ3v) is 2.07. The molecule has 84 valence electrons. The summed E-state index contributed by atoms with van der Waals surface area (Å²) in [5, 5.41) is 11.1. The Hall–Kier alpha value is -1.87. The number of carbonyl (C=O) groups excluding carboxylic acids is 1. The van der Waals surface area contributed by atoms with Gasteiger partial charge < -0.3 is 9.84 Å². The minimum atomic E-state index is 0.0358. The fourth-order valence-corrected chi connectivity index (χ4v) is 1.41. The van der Waals surface area contributed by atoms with Crippen LogP contribution in [0.25, 0.3) is 10.8 Å². The predicted molar refractivity (Wildman–Crippen MR) is 63.9 cm³/mol. The van der Waals surface area contributed by atoms with Crippen molar-refractivity contribution in [1.29, 1.82) is 0 Å². The molecule has 0 atom stereocenters. The van der Waals surface area contributed by atoms with Crippen LogP contribution in [0.15, 0.2) is 36.4 Å². The maximum Gasteiger partial charge on any atom is 0.154 e. The zero-order valence-corrected chi connectivity index (χ0v) is 9.31. The fraction of sp³-hybridized carbons (Fsp3) is 0.154. The van der Waals surface area contributed by atoms with Crippen LogP contribution in [-0.2, 0) is 4.74 Å². The van der Waals surface area contributed by atoms with E-state index in [1.54, 1.807) is 20.3 Å². The second kappa shape index (κ2) is 5.88. The van der Waals surface area contributed by atoms with Gasteiger partial charge in [0.2, 0.25) is 0 Å². The zero-order valence-electron chi connectivity index (χ0n) is 9.31. The molecular formula is C13H14O3. The molecule has 0 bridgehead atoms. The van der Waals surface area contributed by atoms with Crippen molar-refractivity contribution >= 4 is 17.1 Å². The van der Waals surface area contributed by atoms with Gasteiger partial charge in [0.05, 0.1) is 5.56 Å². The van der Waals surface area contributed by atoms with Crippen molar-refractivity contribution in [2.75, 3.05) is 14.2 Å². The topological polar surface area (TPSA) is 46.5 Å². The maximum atomic E-state index is 10.7. The van der Waals surface area contributed by atoms with Gasteiger partial charge in [-0.2, -0.15) is 0 Å². The molecule has 0 spiro atoms. The van der Waals surface area contributed by atoms with Gasteiger partial charge in [-0.3, -0.25) is 4.79 Å². The minimum Gasteiger partial charge on any atom is -0.507 e. The number of benzene rings is 2. The van der Waals surface area contributed by atoms with Crippen molar-refractivity contribution in [3.05, 3.63) is 42.0 Å². The number of fused-ring (bicyclic) bond motifs is 1. The number of phenolic OH excluding ortho intramolecular Hbond substituents is 1. The monoisotopic (exact) mass is 218 g/mol. The first kappa shape index (κ1) is 12.2. The van der Waals surface area contributed by atoms with Crippen LogP contribution in [-0.4, -0.2) is 25.6 Å². The maximum absolute atomic E-state index is 10.7. The van der Waals surface area contributed by atoms with Crippen molar-refractivity contribution in [3.8, 4) is 5.75 Å². The van der Waals surface area contributed by atoms with Gasteiger partial charge in [-0.25, -0.2) is 0 Å². The number of hydrogen-bond donors (Lipinski definition) is 1. The fourth-order valence-electron chi connectivity index (χ4n) is 1.41. The summed E-state index contributed by atoms with van der Waals surface area (Å²) in [6.07, 6.45) is 0.678. The summed E-state index contributed by atoms with van der Waals surface area (Å²) in [5.74, 6) is 0.0358. The number of ether oxygens (including phenoxy) is 1. The van der Waals surface area contributed by atoms with Crippen molar-refractivity contribution < 1.29 is 14.6 Å². The summed E-state index contributed by atoms with van der Waals surface area (Å²) >= 11 is 0. The molecule has 0 radical (unpaired) electrons. The lowest BCUT2D eigenvalue weighted by molar-refractivity contribution is 0.112. The normalized spacial score (nSPS) is 9.38. The Bertz CT molecular complexity index is 478. The van der Waals surface area contributed by atoms with E-state index < -0.39 is 0 Å². The Morgan fingerprint density at radius 2 is 1.75 bits per heavy atom. The third-order valence-electron chi connectivity index (χ3n) is 2.07. The van der Waals surface area contributed by atoms with Gasteiger partial charge in [0.15, 0.2) is 6.29 Å². The van der Waals surface area contributed by atoms with Crippen LogP contribution in [0.2, 0.25) is 0 Å². The largest absolute Gasteiger partial charge is 0.507 e. The molecule has 0 saturated carbocycles. The first-order valence-electron chi connectivity index (χ1n) is 4.80. The molecular weight excluding hydrogens is 204 g/mol. The lowest BCUT2D eigenvalue weighted by Gasteiger charge is -2.01. The molecule has 0 aromatic heterocycles. The SMILES string of the molecule is COC.O=Cc1c(O)ccc2ccccc12. The van der Waals surface area contributed by atoms with Crippen molar-refractivity contribution in [3.63, 3.8) is 0 Å². The zero-order chi connectivity index (χ0) is 12.0. The van der Waals surface area contributed by atoms with Gasteiger partial charge in [-0.15, -0.1) is 0 Å². The molecule has 0 fully saturated rings. The van der Waals surface area contributed by atoms with Crippen molar-refractivity contribution in [2.24, 2.45) is 0 Å². The molecule has 2 rings (SSSR count). The van der Waals surface area contributed by atoms with Gasteiger partial charge in [-0.05, 0) is 16.8 Å². The van der Waals surface area contributed by atoms with E-state index in [1.807, 2.05) is 24.3 Å². The van der Waals surface area contributed by atoms with E-state index >= 15 is 0 Å². The molecule has 2 aromatic carbocycles. The Balaban J connectivity index is 0.000000386. The molecule has 3 heteroatoms. The Kier molecular flexibility index (Phi) is 4.48. The van der Waals surface area contributed by atoms with Gasteiger partial charge in [-0.1, -0.05) is 30.3 Å². The molecule has 0 aliphatic rings. The molecule has 0 aliphatic heterocycles. The van der Waals surface area contributed by atoms with Gasteiger partial charge >= 0.3 is 0 Å². The van der Waals surface area contributed by atoms with Gasteiger partial charge in [0.1, 0.15) is 5.75 Å². The van der Waals surface area contributed by atoms with Gasteiger partial charge in [0.25, 0.3) is 0 Å². The summed E-state index contributed by atoms with van der Waals surface area (Å²) in [6, 6.07) is 10.8. The average molecular weight is 218 g/mol. The number of carbonyl (C=O) groups is 1. The Labute approximate surface area is 94.3 Å². The van der Waals surface area contributed by atoms with E-state index in [0.29, 0.717) is 11.8 Å². The van der Waals surface area contributed by atoms with E-state index in [4.69, 9.17) is 0 Å². The van der Waals surface area contributed by atoms with Gasteiger partial charge in [0, 0.05) is 14.2 Å². The molecule has 0 amide bonds. The highest BCUT2D eigenvalue weighted by atomic mass is 16.4. The summed E-state index contributed by atoms with van der Waals surface area (Å²) in [5.41, 5.74) is 0.359. The lowest BCUT2D eigenvalue weighted by Crippen LogP contribution is -1.83. The van der Waals surface area contributed by atoms with Crippen LogP contribution in [0.4, 0.5) is 0 Å². The number of phenols is 1. The molecule has 1 N–H and O–H groups in total. The van der Waals surface area contributed by atoms with Crippen LogP contribution >= 0.6 is 0 Å². The number of methoxy groups -OCH3 is 1. The van der Waals surface area contributed by atoms with E-state index in [0.717, 1.165) is 10.8 Å². The highest BCUT2D eigenvalue weighted by molar-refractivity contribution is 6.00. The summed E-state index contributed by atoms with van der Waals surface area (Å²) < 4.78 is 4.25. The summed E-state index contributed by atoms with van der Waals surface area (Å²) in [6.45, 7) is 0. The molecule has 16 heavy (non-hydrogen) atoms. The molecule has 0 aliphatic carbocycles. The third kappa shape index (κ3) is 2.58. The Morgan fingerprint density at radius 1 is 1.12 bits per heavy atom. The second-order valence-electron chi connectivity index (χ2n) is 3.25. The summed E-state index contributed by atoms with van der Waals surface area (Å²) in [4.78, 5) is 10.7. The molecule has 0 saturated heterocycles. The average Bonchev–Trinajstić information content (AvgIpc) is 2.30. The first-order chi connectivity index (χ1) is 7.74. The highest BCUT2D eigenvalue weighted by Crippen LogP contribution is 2.24. The van der Waals surface area contributed by atoms with Crippen molar-refractivity contribution in [1.82, 2.24) is 0 Å². The van der Waals surface area contributed by atoms with Crippen LogP contribution in [0.1, 0.15) is 10.4 Å². The van der Waals surface area contributed by atoms with Crippen LogP contribution in [0, 0.1) is 0 Å².